The number of carbonyl (C=O) groups is 1. The summed E-state index contributed by atoms with van der Waals surface area (Å²) in [6.45, 7) is 1.83. The van der Waals surface area contributed by atoms with E-state index in [1.165, 1.54) is 4.90 Å². The van der Waals surface area contributed by atoms with Crippen LogP contribution in [0.3, 0.4) is 0 Å². The topological polar surface area (TPSA) is 77.4 Å². The van der Waals surface area contributed by atoms with E-state index in [4.69, 9.17) is 9.84 Å². The molecular formula is C22H21F3N4O3. The van der Waals surface area contributed by atoms with E-state index >= 15 is 0 Å². The molecule has 32 heavy (non-hydrogen) atoms. The van der Waals surface area contributed by atoms with Gasteiger partial charge in [-0.15, -0.1) is 0 Å². The number of urea groups is 1. The van der Waals surface area contributed by atoms with Gasteiger partial charge in [-0.2, -0.15) is 4.99 Å². The lowest BCUT2D eigenvalue weighted by molar-refractivity contribution is 0.201. The van der Waals surface area contributed by atoms with E-state index in [1.54, 1.807) is 36.2 Å². The highest BCUT2D eigenvalue weighted by molar-refractivity contribution is 6.04. The second kappa shape index (κ2) is 8.54. The molecule has 0 radical (unpaired) electrons. The van der Waals surface area contributed by atoms with Gasteiger partial charge in [-0.3, -0.25) is 9.80 Å². The molecule has 2 aromatic rings. The van der Waals surface area contributed by atoms with Gasteiger partial charge in [0, 0.05) is 18.8 Å². The number of hydrogen-bond donors (Lipinski definition) is 2. The zero-order valence-corrected chi connectivity index (χ0v) is 17.4. The molecule has 0 bridgehead atoms. The maximum atomic E-state index is 13.9. The maximum Gasteiger partial charge on any atom is 0.352 e. The number of anilines is 1. The largest absolute Gasteiger partial charge is 0.491 e. The van der Waals surface area contributed by atoms with Crippen LogP contribution in [-0.4, -0.2) is 47.2 Å². The van der Waals surface area contributed by atoms with Crippen LogP contribution >= 0.6 is 0 Å². The van der Waals surface area contributed by atoms with Crippen LogP contribution in [0.25, 0.3) is 0 Å². The number of benzene rings is 2. The first kappa shape index (κ1) is 21.7. The zero-order chi connectivity index (χ0) is 23.0. The highest BCUT2D eigenvalue weighted by Gasteiger charge is 2.39. The lowest BCUT2D eigenvalue weighted by atomic mass is 10.0. The maximum absolute atomic E-state index is 13.9. The van der Waals surface area contributed by atoms with Gasteiger partial charge >= 0.3 is 6.03 Å². The van der Waals surface area contributed by atoms with Gasteiger partial charge in [-0.25, -0.2) is 18.0 Å². The lowest BCUT2D eigenvalue weighted by Gasteiger charge is -2.37. The Morgan fingerprint density at radius 2 is 1.94 bits per heavy atom. The van der Waals surface area contributed by atoms with Crippen molar-refractivity contribution in [3.05, 3.63) is 70.8 Å². The van der Waals surface area contributed by atoms with Crippen LogP contribution in [0.1, 0.15) is 23.6 Å². The number of guanidine groups is 1. The number of nitrogens with one attached hydrogen (secondary N) is 1. The van der Waals surface area contributed by atoms with Crippen molar-refractivity contribution in [3.8, 4) is 5.75 Å². The number of aliphatic hydroxyl groups is 1. The van der Waals surface area contributed by atoms with Crippen molar-refractivity contribution in [1.82, 2.24) is 9.80 Å². The third kappa shape index (κ3) is 3.89. The van der Waals surface area contributed by atoms with Crippen LogP contribution < -0.4 is 10.1 Å². The van der Waals surface area contributed by atoms with Crippen LogP contribution in [0.5, 0.6) is 5.75 Å². The summed E-state index contributed by atoms with van der Waals surface area (Å²) < 4.78 is 46.7. The number of aliphatic hydroxyl groups excluding tert-OH is 1. The van der Waals surface area contributed by atoms with E-state index in [-0.39, 0.29) is 24.7 Å². The van der Waals surface area contributed by atoms with Crippen LogP contribution in [0.4, 0.5) is 23.7 Å². The molecular weight excluding hydrogens is 425 g/mol. The number of hydrogen-bond acceptors (Lipinski definition) is 5. The third-order valence-corrected chi connectivity index (χ3v) is 5.35. The SMILES string of the molecule is Cc1ccc(OCCO)cc1NC1=NC(=O)N(C)C2=CCC(c3cc(F)c(F)c(F)c3)N21. The molecule has 2 aliphatic rings. The molecule has 0 saturated heterocycles. The van der Waals surface area contributed by atoms with Crippen molar-refractivity contribution in [2.45, 2.75) is 19.4 Å². The molecule has 1 atom stereocenters. The molecule has 10 heteroatoms. The summed E-state index contributed by atoms with van der Waals surface area (Å²) in [7, 11) is 1.55. The molecule has 1 unspecified atom stereocenters. The Morgan fingerprint density at radius 1 is 1.22 bits per heavy atom. The van der Waals surface area contributed by atoms with E-state index in [1.807, 2.05) is 6.92 Å². The average Bonchev–Trinajstić information content (AvgIpc) is 3.21. The highest BCUT2D eigenvalue weighted by Crippen LogP contribution is 2.39. The molecule has 2 aromatic carbocycles. The molecule has 4 rings (SSSR count). The fourth-order valence-corrected chi connectivity index (χ4v) is 3.70. The number of aryl methyl sites for hydroxylation is 1. The van der Waals surface area contributed by atoms with Crippen molar-refractivity contribution in [2.24, 2.45) is 4.99 Å². The van der Waals surface area contributed by atoms with Crippen molar-refractivity contribution in [2.75, 3.05) is 25.6 Å². The highest BCUT2D eigenvalue weighted by atomic mass is 19.2. The van der Waals surface area contributed by atoms with Crippen LogP contribution in [0, 0.1) is 24.4 Å². The number of rotatable bonds is 5. The number of ether oxygens (including phenoxy) is 1. The number of halogens is 3. The second-order valence-electron chi connectivity index (χ2n) is 7.43. The number of amides is 2. The van der Waals surface area contributed by atoms with Crippen molar-refractivity contribution in [3.63, 3.8) is 0 Å². The first-order chi connectivity index (χ1) is 15.3. The predicted molar refractivity (Wildman–Crippen MR) is 112 cm³/mol. The Labute approximate surface area is 182 Å². The molecule has 168 valence electrons. The fourth-order valence-electron chi connectivity index (χ4n) is 3.70. The predicted octanol–water partition coefficient (Wildman–Crippen LogP) is 3.91. The number of carbonyl (C=O) groups excluding carboxylic acids is 1. The first-order valence-electron chi connectivity index (χ1n) is 9.91. The van der Waals surface area contributed by atoms with Crippen LogP contribution in [-0.2, 0) is 0 Å². The van der Waals surface area contributed by atoms with Crippen molar-refractivity contribution >= 4 is 17.7 Å². The molecule has 0 fully saturated rings. The molecule has 0 aliphatic carbocycles. The van der Waals surface area contributed by atoms with Gasteiger partial charge in [-0.1, -0.05) is 6.07 Å². The molecule has 7 nitrogen and oxygen atoms in total. The van der Waals surface area contributed by atoms with E-state index < -0.39 is 29.5 Å². The Kier molecular flexibility index (Phi) is 5.79. The minimum Gasteiger partial charge on any atom is -0.491 e. The normalized spacial score (nSPS) is 17.8. The number of nitrogens with zero attached hydrogens (tertiary/aromatic N) is 3. The molecule has 2 N–H and O–H groups in total. The average molecular weight is 446 g/mol. The van der Waals surface area contributed by atoms with Gasteiger partial charge in [0.1, 0.15) is 18.2 Å². The van der Waals surface area contributed by atoms with E-state index in [9.17, 15) is 18.0 Å². The summed E-state index contributed by atoms with van der Waals surface area (Å²) in [4.78, 5) is 19.5. The molecule has 0 aromatic heterocycles. The quantitative estimate of drug-likeness (QED) is 0.682. The van der Waals surface area contributed by atoms with E-state index in [0.717, 1.165) is 17.7 Å². The molecule has 2 heterocycles. The smallest absolute Gasteiger partial charge is 0.352 e. The van der Waals surface area contributed by atoms with Gasteiger partial charge in [0.2, 0.25) is 5.96 Å². The molecule has 2 amide bonds. The van der Waals surface area contributed by atoms with Crippen LogP contribution in [0.2, 0.25) is 0 Å². The van der Waals surface area contributed by atoms with Gasteiger partial charge in [0.15, 0.2) is 17.5 Å². The monoisotopic (exact) mass is 446 g/mol. The number of aliphatic imine (C=N–C) groups is 1. The van der Waals surface area contributed by atoms with E-state index in [2.05, 4.69) is 10.3 Å². The van der Waals surface area contributed by atoms with Gasteiger partial charge in [0.05, 0.1) is 12.6 Å². The van der Waals surface area contributed by atoms with Crippen LogP contribution in [0.15, 0.2) is 47.2 Å². The van der Waals surface area contributed by atoms with Gasteiger partial charge in [0.25, 0.3) is 0 Å². The van der Waals surface area contributed by atoms with Gasteiger partial charge in [-0.05, 0) is 48.7 Å². The Hall–Kier alpha value is -3.53. The second-order valence-corrected chi connectivity index (χ2v) is 7.43. The first-order valence-corrected chi connectivity index (χ1v) is 9.91. The summed E-state index contributed by atoms with van der Waals surface area (Å²) in [5.41, 5.74) is 1.63. The van der Waals surface area contributed by atoms with Crippen molar-refractivity contribution in [1.29, 1.82) is 0 Å². The molecule has 0 spiro atoms. The minimum absolute atomic E-state index is 0.121. The fraction of sp³-hybridized carbons (Fsp3) is 0.273. The Morgan fingerprint density at radius 3 is 2.62 bits per heavy atom. The standard InChI is InChI=1S/C22H21F3N4O3/c1-12-3-4-14(32-8-7-30)11-17(12)26-21-27-22(31)28(2)19-6-5-18(29(19)21)13-9-15(23)20(25)16(24)10-13/h3-4,6,9-11,18,30H,5,7-8H2,1-2H3,(H,26,27,31). The molecule has 0 saturated carbocycles. The summed E-state index contributed by atoms with van der Waals surface area (Å²) in [6, 6.07) is 6.01. The summed E-state index contributed by atoms with van der Waals surface area (Å²) in [6.07, 6.45) is 2.09. The summed E-state index contributed by atoms with van der Waals surface area (Å²) in [5, 5.41) is 12.1. The van der Waals surface area contributed by atoms with E-state index in [0.29, 0.717) is 23.7 Å². The van der Waals surface area contributed by atoms with Gasteiger partial charge < -0.3 is 15.2 Å². The third-order valence-electron chi connectivity index (χ3n) is 5.35. The minimum atomic E-state index is -1.53. The zero-order valence-electron chi connectivity index (χ0n) is 17.4. The Bertz CT molecular complexity index is 1110. The van der Waals surface area contributed by atoms with Crippen molar-refractivity contribution < 1.29 is 27.8 Å². The lowest BCUT2D eigenvalue weighted by Crippen LogP contribution is -2.46. The summed E-state index contributed by atoms with van der Waals surface area (Å²) >= 11 is 0. The Balaban J connectivity index is 1.71. The summed E-state index contributed by atoms with van der Waals surface area (Å²) in [5.74, 6) is -2.95. The molecule has 2 aliphatic heterocycles. The number of fused-ring (bicyclic) bond motifs is 1.